The minimum absolute atomic E-state index is 0.0840. The number of hydrogen-bond acceptors (Lipinski definition) is 8. The molecule has 9 rings (SSSR count). The van der Waals surface area contributed by atoms with Gasteiger partial charge in [0.1, 0.15) is 11.8 Å². The van der Waals surface area contributed by atoms with E-state index in [4.69, 9.17) is 28.4 Å². The molecule has 0 saturated heterocycles. The summed E-state index contributed by atoms with van der Waals surface area (Å²) in [4.78, 5) is 2.38. The molecule has 0 aromatic heterocycles. The fraction of sp³-hybridized carbons (Fsp3) is 0.351. The van der Waals surface area contributed by atoms with Crippen LogP contribution in [0.3, 0.4) is 0 Å². The number of benzene rings is 4. The van der Waals surface area contributed by atoms with Gasteiger partial charge in [-0.25, -0.2) is 0 Å². The van der Waals surface area contributed by atoms with Gasteiger partial charge in [0.15, 0.2) is 34.5 Å². The van der Waals surface area contributed by atoms with Crippen molar-refractivity contribution >= 4 is 0 Å². The Balaban J connectivity index is 1.35. The van der Waals surface area contributed by atoms with Crippen LogP contribution in [-0.2, 0) is 25.7 Å². The van der Waals surface area contributed by atoms with Crippen LogP contribution < -0.4 is 28.4 Å². The van der Waals surface area contributed by atoms with Gasteiger partial charge in [-0.15, -0.1) is 0 Å². The van der Waals surface area contributed by atoms with Crippen LogP contribution in [0.15, 0.2) is 60.7 Å². The van der Waals surface area contributed by atoms with Crippen LogP contribution in [0.25, 0.3) is 0 Å². The van der Waals surface area contributed by atoms with Gasteiger partial charge in [0.05, 0.1) is 33.4 Å². The molecule has 4 aromatic rings. The van der Waals surface area contributed by atoms with Crippen molar-refractivity contribution in [2.24, 2.45) is 0 Å². The number of fused-ring (bicyclic) bond motifs is 3. The maximum Gasteiger partial charge on any atom is 0.231 e. The lowest BCUT2D eigenvalue weighted by Crippen LogP contribution is -2.47. The second-order valence-electron chi connectivity index (χ2n) is 12.9. The third kappa shape index (κ3) is 4.90. The Bertz CT molecular complexity index is 1820. The largest absolute Gasteiger partial charge is 0.633 e. The van der Waals surface area contributed by atoms with E-state index in [-0.39, 0.29) is 12.8 Å². The molecule has 0 radical (unpaired) electrons. The van der Waals surface area contributed by atoms with E-state index in [0.29, 0.717) is 65.4 Å². The quantitative estimate of drug-likeness (QED) is 0.177. The van der Waals surface area contributed by atoms with E-state index in [1.165, 1.54) is 11.1 Å². The summed E-state index contributed by atoms with van der Waals surface area (Å²) in [7, 11) is 7.24. The van der Waals surface area contributed by atoms with E-state index in [1.54, 1.807) is 21.3 Å². The van der Waals surface area contributed by atoms with Crippen molar-refractivity contribution < 1.29 is 33.1 Å². The summed E-state index contributed by atoms with van der Waals surface area (Å²) in [6, 6.07) is 20.0. The summed E-state index contributed by atoms with van der Waals surface area (Å²) in [6.07, 6.45) is 2.78. The van der Waals surface area contributed by atoms with E-state index < -0.39 is 10.7 Å². The average Bonchev–Trinajstić information content (AvgIpc) is 3.53. The first kappa shape index (κ1) is 29.0. The van der Waals surface area contributed by atoms with Crippen LogP contribution in [0.5, 0.6) is 46.0 Å². The predicted octanol–water partition coefficient (Wildman–Crippen LogP) is 6.89. The summed E-state index contributed by atoms with van der Waals surface area (Å²) >= 11 is 0. The number of nitrogens with zero attached hydrogens (tertiary/aromatic N) is 2. The molecule has 0 N–H and O–H groups in total. The molecule has 0 saturated carbocycles. The summed E-state index contributed by atoms with van der Waals surface area (Å²) in [5.74, 6) is 4.97. The van der Waals surface area contributed by atoms with Crippen molar-refractivity contribution in [1.29, 1.82) is 0 Å². The maximum atomic E-state index is 14.2. The molecule has 3 atom stereocenters. The van der Waals surface area contributed by atoms with E-state index in [9.17, 15) is 5.21 Å². The zero-order valence-corrected chi connectivity index (χ0v) is 26.6. The average molecular weight is 623 g/mol. The summed E-state index contributed by atoms with van der Waals surface area (Å²) in [6.45, 7) is 1.46. The molecule has 4 aromatic carbocycles. The molecule has 1 unspecified atom stereocenters. The van der Waals surface area contributed by atoms with Gasteiger partial charge in [0.2, 0.25) is 12.5 Å². The summed E-state index contributed by atoms with van der Waals surface area (Å²) < 4.78 is 36.4. The summed E-state index contributed by atoms with van der Waals surface area (Å²) in [5.41, 5.74) is 6.47. The second-order valence-corrected chi connectivity index (χ2v) is 12.9. The lowest BCUT2D eigenvalue weighted by Gasteiger charge is -2.49. The molecule has 0 amide bonds. The highest BCUT2D eigenvalue weighted by Crippen LogP contribution is 2.54. The third-order valence-corrected chi connectivity index (χ3v) is 10.1. The Morgan fingerprint density at radius 2 is 1.57 bits per heavy atom. The highest BCUT2D eigenvalue weighted by molar-refractivity contribution is 5.64. The first-order valence-corrected chi connectivity index (χ1v) is 15.9. The molecule has 238 valence electrons. The van der Waals surface area contributed by atoms with E-state index >= 15 is 0 Å². The van der Waals surface area contributed by atoms with Gasteiger partial charge in [0.25, 0.3) is 0 Å². The second kappa shape index (κ2) is 11.1. The number of rotatable bonds is 2. The highest BCUT2D eigenvalue weighted by Gasteiger charge is 2.40. The predicted molar refractivity (Wildman–Crippen MR) is 172 cm³/mol. The SMILES string of the molecule is COc1ccc2cc1Oc1ccc(cc1)C[C@H]1c3c(cc4c(c3Oc3cc5c(cc3OC)CCN(C)[C@@H]5C2)OCO4)CC[N+]1(C)[O-]. The zero-order chi connectivity index (χ0) is 31.6. The standard InChI is InChI=1S/C37H38N2O7/c1-38-13-11-24-18-31(42-4)33-20-27(24)28(38)15-23-7-10-30(41-3)32(17-23)45-26-8-5-22(6-9-26)16-29-35-25(12-14-39(29,2)40)19-34-36(37(35)46-33)44-21-43-34/h5-10,17-20,28-29H,11-16,21H2,1-4H3/t28-,29+,39?/m1/s1. The fourth-order valence-electron chi connectivity index (χ4n) is 7.46. The lowest BCUT2D eigenvalue weighted by molar-refractivity contribution is -0.894. The van der Waals surface area contributed by atoms with E-state index in [2.05, 4.69) is 36.2 Å². The van der Waals surface area contributed by atoms with Gasteiger partial charge in [-0.1, -0.05) is 18.2 Å². The van der Waals surface area contributed by atoms with E-state index in [1.807, 2.05) is 36.4 Å². The van der Waals surface area contributed by atoms with Crippen molar-refractivity contribution in [3.05, 3.63) is 99.3 Å². The third-order valence-electron chi connectivity index (χ3n) is 10.1. The number of ether oxygens (including phenoxy) is 6. The Labute approximate surface area is 268 Å². The Hall–Kier alpha value is -4.44. The topological polar surface area (TPSA) is 81.7 Å². The van der Waals surface area contributed by atoms with Gasteiger partial charge < -0.3 is 38.3 Å². The van der Waals surface area contributed by atoms with Crippen molar-refractivity contribution in [3.63, 3.8) is 0 Å². The molecule has 6 bridgehead atoms. The molecule has 5 aliphatic heterocycles. The van der Waals surface area contributed by atoms with Crippen LogP contribution in [0.4, 0.5) is 0 Å². The Kier molecular flexibility index (Phi) is 7.01. The van der Waals surface area contributed by atoms with Gasteiger partial charge in [0, 0.05) is 25.4 Å². The molecule has 0 spiro atoms. The number of quaternary nitrogens is 1. The Morgan fingerprint density at radius 1 is 0.783 bits per heavy atom. The smallest absolute Gasteiger partial charge is 0.231 e. The van der Waals surface area contributed by atoms with Crippen molar-refractivity contribution in [2.75, 3.05) is 48.2 Å². The number of methoxy groups -OCH3 is 2. The molecule has 5 aliphatic rings. The Morgan fingerprint density at radius 3 is 2.37 bits per heavy atom. The molecule has 9 heteroatoms. The number of hydrogen-bond donors (Lipinski definition) is 0. The van der Waals surface area contributed by atoms with Gasteiger partial charge >= 0.3 is 0 Å². The molecule has 9 nitrogen and oxygen atoms in total. The maximum absolute atomic E-state index is 14.2. The molecular weight excluding hydrogens is 584 g/mol. The van der Waals surface area contributed by atoms with Crippen molar-refractivity contribution in [2.45, 2.75) is 37.8 Å². The molecular formula is C37H38N2O7. The van der Waals surface area contributed by atoms with Crippen molar-refractivity contribution in [1.82, 2.24) is 4.90 Å². The first-order chi connectivity index (χ1) is 22.3. The molecule has 0 fully saturated rings. The van der Waals surface area contributed by atoms with Gasteiger partial charge in [-0.3, -0.25) is 4.90 Å². The van der Waals surface area contributed by atoms with Gasteiger partial charge in [-0.2, -0.15) is 0 Å². The van der Waals surface area contributed by atoms with Crippen LogP contribution in [-0.4, -0.2) is 57.7 Å². The minimum atomic E-state index is -0.432. The fourth-order valence-corrected chi connectivity index (χ4v) is 7.46. The normalized spacial score (nSPS) is 23.0. The zero-order valence-electron chi connectivity index (χ0n) is 26.6. The molecule has 46 heavy (non-hydrogen) atoms. The molecule has 0 aliphatic carbocycles. The number of hydroxylamine groups is 3. The van der Waals surface area contributed by atoms with Crippen LogP contribution in [0, 0.1) is 5.21 Å². The van der Waals surface area contributed by atoms with E-state index in [0.717, 1.165) is 41.6 Å². The lowest BCUT2D eigenvalue weighted by atomic mass is 9.87. The first-order valence-electron chi connectivity index (χ1n) is 15.9. The minimum Gasteiger partial charge on any atom is -0.633 e. The number of likely N-dealkylation sites (N-methyl/N-ethyl adjacent to an activating group) is 2. The molecule has 5 heterocycles. The summed E-state index contributed by atoms with van der Waals surface area (Å²) in [5, 5.41) is 14.2. The van der Waals surface area contributed by atoms with Crippen LogP contribution in [0.1, 0.15) is 45.5 Å². The van der Waals surface area contributed by atoms with Crippen LogP contribution in [0.2, 0.25) is 0 Å². The van der Waals surface area contributed by atoms with Crippen molar-refractivity contribution in [3.8, 4) is 46.0 Å². The highest BCUT2D eigenvalue weighted by atomic mass is 16.7. The van der Waals surface area contributed by atoms with Gasteiger partial charge in [-0.05, 0) is 90.2 Å². The monoisotopic (exact) mass is 622 g/mol. The van der Waals surface area contributed by atoms with Crippen LogP contribution >= 0.6 is 0 Å².